The average molecular weight is 462 g/mol. The number of amides is 2. The molecule has 0 radical (unpaired) electrons. The highest BCUT2D eigenvalue weighted by Gasteiger charge is 2.46. The summed E-state index contributed by atoms with van der Waals surface area (Å²) in [7, 11) is -4.10. The van der Waals surface area contributed by atoms with Crippen molar-refractivity contribution in [3.05, 3.63) is 63.7 Å². The third kappa shape index (κ3) is 4.14. The van der Waals surface area contributed by atoms with Gasteiger partial charge in [0.25, 0.3) is 17.5 Å². The van der Waals surface area contributed by atoms with Crippen LogP contribution in [0.15, 0.2) is 47.4 Å². The first-order chi connectivity index (χ1) is 15.1. The molecule has 0 fully saturated rings. The van der Waals surface area contributed by atoms with Crippen LogP contribution in [-0.2, 0) is 21.2 Å². The number of fused-ring (bicyclic) bond motifs is 1. The zero-order chi connectivity index (χ0) is 23.6. The molecule has 170 valence electrons. The summed E-state index contributed by atoms with van der Waals surface area (Å²) in [6.45, 7) is 3.84. The predicted molar refractivity (Wildman–Crippen MR) is 114 cm³/mol. The minimum absolute atomic E-state index is 0.0575. The number of carbonyl (C=O) groups is 2. The van der Waals surface area contributed by atoms with Gasteiger partial charge in [-0.25, -0.2) is 13.9 Å². The molecule has 3 rings (SSSR count). The van der Waals surface area contributed by atoms with Crippen molar-refractivity contribution in [2.75, 3.05) is 11.4 Å². The van der Waals surface area contributed by atoms with Gasteiger partial charge in [-0.3, -0.25) is 24.9 Å². The lowest BCUT2D eigenvalue weighted by atomic mass is 10.1. The van der Waals surface area contributed by atoms with Crippen LogP contribution in [0.2, 0.25) is 0 Å². The highest BCUT2D eigenvalue weighted by atomic mass is 32.2. The lowest BCUT2D eigenvalue weighted by Gasteiger charge is -2.40. The van der Waals surface area contributed by atoms with E-state index in [1.807, 2.05) is 0 Å². The van der Waals surface area contributed by atoms with Gasteiger partial charge in [-0.05, 0) is 37.6 Å². The van der Waals surface area contributed by atoms with Crippen LogP contribution in [0.3, 0.4) is 0 Å². The fourth-order valence-corrected chi connectivity index (χ4v) is 5.80. The van der Waals surface area contributed by atoms with Gasteiger partial charge < -0.3 is 10.2 Å². The number of nitrogens with one attached hydrogen (secondary N) is 2. The van der Waals surface area contributed by atoms with Gasteiger partial charge in [0, 0.05) is 30.8 Å². The molecule has 0 bridgehead atoms. The van der Waals surface area contributed by atoms with E-state index in [0.717, 1.165) is 0 Å². The number of rotatable bonds is 6. The maximum absolute atomic E-state index is 13.0. The molecular formula is C20H22N4O7S. The van der Waals surface area contributed by atoms with E-state index in [1.54, 1.807) is 18.7 Å². The number of anilines is 1. The standard InChI is InChI=1S/C20H22N4O7S/c1-3-23-12(2)18(20(26)22-27)32(30,31)17-9-6-14(10-16(17)23)19(25)21-11-13-4-7-15(8-5-13)24(28)29/h4-10,12,18,27H,3,11H2,1-2H3,(H,21,25)(H,22,26). The topological polar surface area (TPSA) is 159 Å². The Kier molecular flexibility index (Phi) is 6.46. The van der Waals surface area contributed by atoms with Crippen LogP contribution < -0.4 is 15.7 Å². The maximum atomic E-state index is 13.0. The van der Waals surface area contributed by atoms with E-state index in [9.17, 15) is 28.1 Å². The van der Waals surface area contributed by atoms with Crippen LogP contribution in [-0.4, -0.2) is 48.2 Å². The van der Waals surface area contributed by atoms with E-state index >= 15 is 0 Å². The van der Waals surface area contributed by atoms with Gasteiger partial charge in [0.1, 0.15) is 0 Å². The molecule has 2 unspecified atom stereocenters. The van der Waals surface area contributed by atoms with E-state index in [2.05, 4.69) is 5.32 Å². The fourth-order valence-electron chi connectivity index (χ4n) is 3.80. The fraction of sp³-hybridized carbons (Fsp3) is 0.300. The molecule has 0 saturated heterocycles. The molecule has 0 aromatic heterocycles. The third-order valence-corrected chi connectivity index (χ3v) is 7.65. The van der Waals surface area contributed by atoms with Crippen molar-refractivity contribution in [3.8, 4) is 0 Å². The number of nitrogens with zero attached hydrogens (tertiary/aromatic N) is 2. The summed E-state index contributed by atoms with van der Waals surface area (Å²) < 4.78 is 26.0. The minimum atomic E-state index is -4.10. The van der Waals surface area contributed by atoms with Gasteiger partial charge in [-0.2, -0.15) is 0 Å². The second-order valence-corrected chi connectivity index (χ2v) is 9.29. The number of hydrogen-bond acceptors (Lipinski definition) is 8. The Balaban J connectivity index is 1.87. The van der Waals surface area contributed by atoms with Gasteiger partial charge in [0.05, 0.1) is 21.5 Å². The molecule has 1 aliphatic rings. The van der Waals surface area contributed by atoms with Crippen molar-refractivity contribution in [1.29, 1.82) is 0 Å². The summed E-state index contributed by atoms with van der Waals surface area (Å²) in [5, 5.41) is 20.9. The molecule has 2 aromatic rings. The lowest BCUT2D eigenvalue weighted by Crippen LogP contribution is -2.56. The largest absolute Gasteiger partial charge is 0.366 e. The first-order valence-corrected chi connectivity index (χ1v) is 11.3. The second-order valence-electron chi connectivity index (χ2n) is 7.26. The molecule has 0 aliphatic carbocycles. The van der Waals surface area contributed by atoms with Gasteiger partial charge in [-0.1, -0.05) is 12.1 Å². The smallest absolute Gasteiger partial charge is 0.269 e. The molecule has 12 heteroatoms. The van der Waals surface area contributed by atoms with Gasteiger partial charge >= 0.3 is 0 Å². The van der Waals surface area contributed by atoms with E-state index in [-0.39, 0.29) is 22.7 Å². The minimum Gasteiger partial charge on any atom is -0.366 e. The van der Waals surface area contributed by atoms with Crippen molar-refractivity contribution in [2.24, 2.45) is 0 Å². The van der Waals surface area contributed by atoms with E-state index in [1.165, 1.54) is 47.9 Å². The van der Waals surface area contributed by atoms with Crippen LogP contribution in [0.1, 0.15) is 29.8 Å². The number of carbonyl (C=O) groups excluding carboxylic acids is 2. The van der Waals surface area contributed by atoms with E-state index < -0.39 is 37.9 Å². The summed E-state index contributed by atoms with van der Waals surface area (Å²) in [6.07, 6.45) is 0. The molecular weight excluding hydrogens is 440 g/mol. The Hall–Kier alpha value is -3.51. The quantitative estimate of drug-likeness (QED) is 0.330. The molecule has 0 saturated carbocycles. The van der Waals surface area contributed by atoms with Gasteiger partial charge in [0.15, 0.2) is 15.1 Å². The van der Waals surface area contributed by atoms with Crippen LogP contribution in [0.4, 0.5) is 11.4 Å². The summed E-state index contributed by atoms with van der Waals surface area (Å²) in [5.74, 6) is -1.48. The lowest BCUT2D eigenvalue weighted by molar-refractivity contribution is -0.384. The molecule has 3 N–H and O–H groups in total. The Morgan fingerprint density at radius 2 is 1.84 bits per heavy atom. The molecule has 2 amide bonds. The van der Waals surface area contributed by atoms with Crippen molar-refractivity contribution < 1.29 is 28.1 Å². The van der Waals surface area contributed by atoms with Crippen LogP contribution in [0.5, 0.6) is 0 Å². The maximum Gasteiger partial charge on any atom is 0.269 e. The zero-order valence-electron chi connectivity index (χ0n) is 17.3. The SMILES string of the molecule is CCN1c2cc(C(=O)NCc3ccc([N+](=O)[O-])cc3)ccc2S(=O)(=O)C(C(=O)NO)C1C. The number of nitro benzene ring substituents is 1. The number of hydrogen-bond donors (Lipinski definition) is 3. The van der Waals surface area contributed by atoms with Crippen molar-refractivity contribution in [3.63, 3.8) is 0 Å². The predicted octanol–water partition coefficient (Wildman–Crippen LogP) is 1.40. The molecule has 0 spiro atoms. The number of sulfone groups is 1. The van der Waals surface area contributed by atoms with Crippen LogP contribution in [0.25, 0.3) is 0 Å². The van der Waals surface area contributed by atoms with Crippen LogP contribution >= 0.6 is 0 Å². The summed E-state index contributed by atoms with van der Waals surface area (Å²) in [4.78, 5) is 36.5. The highest BCUT2D eigenvalue weighted by molar-refractivity contribution is 7.93. The van der Waals surface area contributed by atoms with E-state index in [0.29, 0.717) is 17.8 Å². The molecule has 11 nitrogen and oxygen atoms in total. The third-order valence-electron chi connectivity index (χ3n) is 5.41. The zero-order valence-corrected chi connectivity index (χ0v) is 18.1. The number of nitro groups is 1. The number of benzene rings is 2. The average Bonchev–Trinajstić information content (AvgIpc) is 2.77. The Morgan fingerprint density at radius 3 is 2.41 bits per heavy atom. The summed E-state index contributed by atoms with van der Waals surface area (Å²) >= 11 is 0. The van der Waals surface area contributed by atoms with Crippen molar-refractivity contribution >= 4 is 33.0 Å². The van der Waals surface area contributed by atoms with Gasteiger partial charge in [0.2, 0.25) is 0 Å². The molecule has 1 aliphatic heterocycles. The molecule has 2 aromatic carbocycles. The Bertz CT molecular complexity index is 1160. The highest BCUT2D eigenvalue weighted by Crippen LogP contribution is 2.38. The second kappa shape index (κ2) is 8.93. The van der Waals surface area contributed by atoms with Crippen molar-refractivity contribution in [2.45, 2.75) is 36.6 Å². The van der Waals surface area contributed by atoms with E-state index in [4.69, 9.17) is 5.21 Å². The Morgan fingerprint density at radius 1 is 1.19 bits per heavy atom. The van der Waals surface area contributed by atoms with Gasteiger partial charge in [-0.15, -0.1) is 0 Å². The van der Waals surface area contributed by atoms with Crippen molar-refractivity contribution in [1.82, 2.24) is 10.8 Å². The number of non-ortho nitro benzene ring substituents is 1. The Labute approximate surface area is 184 Å². The first-order valence-electron chi connectivity index (χ1n) is 9.71. The summed E-state index contributed by atoms with van der Waals surface area (Å²) in [5.41, 5.74) is 2.54. The number of hydroxylamine groups is 1. The molecule has 2 atom stereocenters. The monoisotopic (exact) mass is 462 g/mol. The normalized spacial score (nSPS) is 19.0. The molecule has 1 heterocycles. The van der Waals surface area contributed by atoms with Crippen LogP contribution in [0, 0.1) is 10.1 Å². The first kappa shape index (κ1) is 23.2. The summed E-state index contributed by atoms with van der Waals surface area (Å²) in [6, 6.07) is 9.04. The molecule has 32 heavy (non-hydrogen) atoms.